The van der Waals surface area contributed by atoms with Gasteiger partial charge in [-0.2, -0.15) is 0 Å². The first-order valence-corrected chi connectivity index (χ1v) is 13.3. The van der Waals surface area contributed by atoms with Gasteiger partial charge in [-0.05, 0) is 92.4 Å². The SMILES string of the molecule is COc1ccc(S(=O)(=O)N2C[C@@H](C(=O)N[C@@H](C)c3cc(C)c(C)cc3C)Oc3ccc(Cl)cc32)cc1. The van der Waals surface area contributed by atoms with Gasteiger partial charge < -0.3 is 14.8 Å². The zero-order valence-electron chi connectivity index (χ0n) is 20.8. The number of fused-ring (bicyclic) bond motifs is 1. The Morgan fingerprint density at radius 1 is 1.06 bits per heavy atom. The van der Waals surface area contributed by atoms with E-state index in [0.717, 1.165) is 16.7 Å². The second-order valence-corrected chi connectivity index (χ2v) is 11.3. The molecule has 7 nitrogen and oxygen atoms in total. The second kappa shape index (κ2) is 10.0. The van der Waals surface area contributed by atoms with Crippen molar-refractivity contribution in [3.05, 3.63) is 81.9 Å². The summed E-state index contributed by atoms with van der Waals surface area (Å²) in [6.45, 7) is 7.78. The molecule has 190 valence electrons. The molecule has 36 heavy (non-hydrogen) atoms. The van der Waals surface area contributed by atoms with Crippen LogP contribution < -0.4 is 19.1 Å². The lowest BCUT2D eigenvalue weighted by Crippen LogP contribution is -2.51. The summed E-state index contributed by atoms with van der Waals surface area (Å²) >= 11 is 6.18. The maximum atomic E-state index is 13.6. The number of hydrogen-bond donors (Lipinski definition) is 1. The summed E-state index contributed by atoms with van der Waals surface area (Å²) in [7, 11) is -2.51. The smallest absolute Gasteiger partial charge is 0.264 e. The summed E-state index contributed by atoms with van der Waals surface area (Å²) in [5.74, 6) is 0.390. The zero-order valence-corrected chi connectivity index (χ0v) is 22.4. The normalized spacial score (nSPS) is 16.1. The van der Waals surface area contributed by atoms with Gasteiger partial charge in [0.25, 0.3) is 15.9 Å². The quantitative estimate of drug-likeness (QED) is 0.480. The largest absolute Gasteiger partial charge is 0.497 e. The zero-order chi connectivity index (χ0) is 26.2. The van der Waals surface area contributed by atoms with Crippen LogP contribution in [0.3, 0.4) is 0 Å². The number of carbonyl (C=O) groups is 1. The molecule has 1 N–H and O–H groups in total. The summed E-state index contributed by atoms with van der Waals surface area (Å²) in [4.78, 5) is 13.4. The fourth-order valence-corrected chi connectivity index (χ4v) is 5.93. The van der Waals surface area contributed by atoms with E-state index in [1.54, 1.807) is 24.3 Å². The Morgan fingerprint density at radius 2 is 1.72 bits per heavy atom. The van der Waals surface area contributed by atoms with Gasteiger partial charge in [0.2, 0.25) is 0 Å². The molecule has 0 spiro atoms. The molecule has 4 rings (SSSR count). The van der Waals surface area contributed by atoms with Crippen molar-refractivity contribution in [3.63, 3.8) is 0 Å². The van der Waals surface area contributed by atoms with Crippen molar-refractivity contribution in [2.45, 2.75) is 44.7 Å². The molecule has 1 aliphatic heterocycles. The fourth-order valence-electron chi connectivity index (χ4n) is 4.30. The van der Waals surface area contributed by atoms with Crippen LogP contribution in [0.2, 0.25) is 5.02 Å². The molecule has 0 saturated carbocycles. The van der Waals surface area contributed by atoms with Crippen molar-refractivity contribution < 1.29 is 22.7 Å². The fraction of sp³-hybridized carbons (Fsp3) is 0.296. The highest BCUT2D eigenvalue weighted by Crippen LogP contribution is 2.39. The Hall–Kier alpha value is -3.23. The molecule has 1 aliphatic rings. The predicted octanol–water partition coefficient (Wildman–Crippen LogP) is 5.11. The van der Waals surface area contributed by atoms with Crippen LogP contribution >= 0.6 is 11.6 Å². The van der Waals surface area contributed by atoms with Crippen molar-refractivity contribution >= 4 is 33.2 Å². The first kappa shape index (κ1) is 25.9. The van der Waals surface area contributed by atoms with Gasteiger partial charge in [0.1, 0.15) is 11.5 Å². The van der Waals surface area contributed by atoms with Crippen LogP contribution in [0.15, 0.2) is 59.5 Å². The third kappa shape index (κ3) is 5.01. The predicted molar refractivity (Wildman–Crippen MR) is 141 cm³/mol. The van der Waals surface area contributed by atoms with Gasteiger partial charge in [0.05, 0.1) is 30.3 Å². The third-order valence-electron chi connectivity index (χ3n) is 6.44. The van der Waals surface area contributed by atoms with Gasteiger partial charge in [-0.15, -0.1) is 0 Å². The maximum Gasteiger partial charge on any atom is 0.264 e. The number of carbonyl (C=O) groups excluding carboxylic acids is 1. The Bertz CT molecular complexity index is 1410. The second-order valence-electron chi connectivity index (χ2n) is 8.95. The highest BCUT2D eigenvalue weighted by Gasteiger charge is 2.38. The van der Waals surface area contributed by atoms with Crippen molar-refractivity contribution in [3.8, 4) is 11.5 Å². The highest BCUT2D eigenvalue weighted by atomic mass is 35.5. The van der Waals surface area contributed by atoms with Crippen molar-refractivity contribution in [2.24, 2.45) is 0 Å². The van der Waals surface area contributed by atoms with E-state index < -0.39 is 22.0 Å². The van der Waals surface area contributed by atoms with Crippen molar-refractivity contribution in [1.29, 1.82) is 0 Å². The van der Waals surface area contributed by atoms with Crippen LogP contribution in [0.1, 0.15) is 35.2 Å². The average Bonchev–Trinajstić information content (AvgIpc) is 2.85. The number of halogens is 1. The number of ether oxygens (including phenoxy) is 2. The Morgan fingerprint density at radius 3 is 2.39 bits per heavy atom. The van der Waals surface area contributed by atoms with Gasteiger partial charge >= 0.3 is 0 Å². The standard InChI is InChI=1S/C27H29ClN2O5S/c1-16-12-18(3)23(13-17(16)2)19(4)29-27(31)26-15-30(24-14-20(28)6-11-25(24)35-26)36(32,33)22-9-7-21(34-5)8-10-22/h6-14,19,26H,15H2,1-5H3,(H,29,31)/t19-,26-/m0/s1. The molecular formula is C27H29ClN2O5S. The lowest BCUT2D eigenvalue weighted by molar-refractivity contribution is -0.128. The van der Waals surface area contributed by atoms with Crippen molar-refractivity contribution in [2.75, 3.05) is 18.0 Å². The molecule has 0 aromatic heterocycles. The number of sulfonamides is 1. The summed E-state index contributed by atoms with van der Waals surface area (Å²) in [5.41, 5.74) is 4.66. The minimum Gasteiger partial charge on any atom is -0.497 e. The average molecular weight is 529 g/mol. The highest BCUT2D eigenvalue weighted by molar-refractivity contribution is 7.92. The van der Waals surface area contributed by atoms with Gasteiger partial charge in [-0.3, -0.25) is 9.10 Å². The Balaban J connectivity index is 1.64. The lowest BCUT2D eigenvalue weighted by Gasteiger charge is -2.35. The number of nitrogens with one attached hydrogen (secondary N) is 1. The van der Waals surface area contributed by atoms with E-state index in [1.165, 1.54) is 35.2 Å². The summed E-state index contributed by atoms with van der Waals surface area (Å²) in [6.07, 6.45) is -1.05. The van der Waals surface area contributed by atoms with Gasteiger partial charge in [-0.1, -0.05) is 23.7 Å². The molecule has 0 aliphatic carbocycles. The van der Waals surface area contributed by atoms with Gasteiger partial charge in [0, 0.05) is 5.02 Å². The van der Waals surface area contributed by atoms with Crippen molar-refractivity contribution in [1.82, 2.24) is 5.32 Å². The van der Waals surface area contributed by atoms with E-state index >= 15 is 0 Å². The van der Waals surface area contributed by atoms with Crippen LogP contribution in [-0.4, -0.2) is 34.1 Å². The van der Waals surface area contributed by atoms with Crippen LogP contribution in [0.5, 0.6) is 11.5 Å². The van der Waals surface area contributed by atoms with E-state index in [2.05, 4.69) is 17.4 Å². The molecular weight excluding hydrogens is 500 g/mol. The Kier molecular flexibility index (Phi) is 7.20. The number of nitrogens with zero attached hydrogens (tertiary/aromatic N) is 1. The number of anilines is 1. The monoisotopic (exact) mass is 528 g/mol. The molecule has 0 radical (unpaired) electrons. The molecule has 0 bridgehead atoms. The lowest BCUT2D eigenvalue weighted by atomic mass is 9.96. The molecule has 0 unspecified atom stereocenters. The maximum absolute atomic E-state index is 13.6. The minimum atomic E-state index is -4.02. The van der Waals surface area contributed by atoms with Crippen LogP contribution in [0.25, 0.3) is 0 Å². The van der Waals surface area contributed by atoms with E-state index in [0.29, 0.717) is 10.8 Å². The van der Waals surface area contributed by atoms with E-state index in [-0.39, 0.29) is 28.9 Å². The molecule has 3 aromatic rings. The minimum absolute atomic E-state index is 0.0643. The molecule has 9 heteroatoms. The molecule has 1 heterocycles. The third-order valence-corrected chi connectivity index (χ3v) is 8.47. The summed E-state index contributed by atoms with van der Waals surface area (Å²) in [6, 6.07) is 14.6. The topological polar surface area (TPSA) is 84.9 Å². The first-order chi connectivity index (χ1) is 17.0. The molecule has 0 fully saturated rings. The van der Waals surface area contributed by atoms with E-state index in [1.807, 2.05) is 27.7 Å². The van der Waals surface area contributed by atoms with Crippen LogP contribution in [0.4, 0.5) is 5.69 Å². The van der Waals surface area contributed by atoms with Crippen LogP contribution in [-0.2, 0) is 14.8 Å². The molecule has 3 aromatic carbocycles. The summed E-state index contributed by atoms with van der Waals surface area (Å²) in [5, 5.41) is 3.35. The van der Waals surface area contributed by atoms with Gasteiger partial charge in [0.15, 0.2) is 6.10 Å². The number of aryl methyl sites for hydroxylation is 3. The first-order valence-electron chi connectivity index (χ1n) is 11.5. The summed E-state index contributed by atoms with van der Waals surface area (Å²) < 4.78 is 39.6. The number of rotatable bonds is 6. The van der Waals surface area contributed by atoms with E-state index in [4.69, 9.17) is 21.1 Å². The number of methoxy groups -OCH3 is 1. The number of hydrogen-bond acceptors (Lipinski definition) is 5. The van der Waals surface area contributed by atoms with E-state index in [9.17, 15) is 13.2 Å². The number of benzene rings is 3. The van der Waals surface area contributed by atoms with Gasteiger partial charge in [-0.25, -0.2) is 8.42 Å². The number of amides is 1. The molecule has 2 atom stereocenters. The Labute approximate surface area is 217 Å². The molecule has 0 saturated heterocycles. The van der Waals surface area contributed by atoms with Crippen LogP contribution in [0, 0.1) is 20.8 Å². The molecule has 1 amide bonds.